The van der Waals surface area contributed by atoms with E-state index >= 15 is 0 Å². The van der Waals surface area contributed by atoms with Gasteiger partial charge < -0.3 is 19.7 Å². The highest BCUT2D eigenvalue weighted by Gasteiger charge is 2.27. The van der Waals surface area contributed by atoms with Crippen LogP contribution in [0.2, 0.25) is 0 Å². The van der Waals surface area contributed by atoms with Crippen molar-refractivity contribution in [2.75, 3.05) is 26.8 Å². The van der Waals surface area contributed by atoms with Gasteiger partial charge in [-0.1, -0.05) is 55.5 Å². The summed E-state index contributed by atoms with van der Waals surface area (Å²) in [7, 11) is 1.64. The van der Waals surface area contributed by atoms with E-state index in [0.717, 1.165) is 47.3 Å². The number of aliphatic carboxylic acids is 1. The van der Waals surface area contributed by atoms with E-state index in [0.29, 0.717) is 19.7 Å². The molecular weight excluding hydrogens is 406 g/mol. The van der Waals surface area contributed by atoms with E-state index in [1.807, 2.05) is 48.2 Å². The van der Waals surface area contributed by atoms with Crippen molar-refractivity contribution in [1.82, 2.24) is 4.90 Å². The molecule has 2 N–H and O–H groups in total. The van der Waals surface area contributed by atoms with Gasteiger partial charge in [0.25, 0.3) is 0 Å². The first kappa shape index (κ1) is 24.0. The van der Waals surface area contributed by atoms with E-state index in [1.54, 1.807) is 7.11 Å². The smallest absolute Gasteiger partial charge is 0.307 e. The first-order valence-electron chi connectivity index (χ1n) is 11.2. The number of carboxylic acid groups (broad SMARTS) is 1. The number of methoxy groups -OCH3 is 1. The Labute approximate surface area is 190 Å². The number of carboxylic acids is 1. The van der Waals surface area contributed by atoms with E-state index in [4.69, 9.17) is 9.47 Å². The number of benzene rings is 1. The molecule has 0 radical (unpaired) electrons. The van der Waals surface area contributed by atoms with E-state index in [9.17, 15) is 15.0 Å². The van der Waals surface area contributed by atoms with Crippen LogP contribution in [0.3, 0.4) is 0 Å². The second-order valence-electron chi connectivity index (χ2n) is 8.07. The standard InChI is InChI=1S/C26H33NO5/c1-3-27(26(30)32-18-19-9-5-4-6-10-19)17-22-13-8-14-23(31-2)25(22)21-12-7-11-20(15-21)16-24(28)29/h5,7-12,14-15,22,26,30H,3-4,6,13,16-18H2,1-2H3,(H,28,29). The van der Waals surface area contributed by atoms with Gasteiger partial charge in [-0.15, -0.1) is 0 Å². The van der Waals surface area contributed by atoms with Gasteiger partial charge in [0.2, 0.25) is 6.41 Å². The summed E-state index contributed by atoms with van der Waals surface area (Å²) in [6, 6.07) is 7.60. The van der Waals surface area contributed by atoms with Gasteiger partial charge in [-0.3, -0.25) is 9.69 Å². The molecule has 2 aliphatic rings. The number of nitrogens with zero attached hydrogens (tertiary/aromatic N) is 1. The number of ether oxygens (including phenoxy) is 2. The lowest BCUT2D eigenvalue weighted by Crippen LogP contribution is -2.41. The average molecular weight is 440 g/mol. The van der Waals surface area contributed by atoms with Crippen molar-refractivity contribution >= 4 is 11.5 Å². The molecule has 3 rings (SSSR count). The molecule has 0 aromatic heterocycles. The van der Waals surface area contributed by atoms with Gasteiger partial charge in [0, 0.05) is 18.0 Å². The monoisotopic (exact) mass is 439 g/mol. The summed E-state index contributed by atoms with van der Waals surface area (Å²) in [5.74, 6) is -0.0248. The van der Waals surface area contributed by atoms with Gasteiger partial charge in [-0.25, -0.2) is 0 Å². The van der Waals surface area contributed by atoms with E-state index in [1.165, 1.54) is 0 Å². The Morgan fingerprint density at radius 2 is 2.09 bits per heavy atom. The Balaban J connectivity index is 1.76. The number of aliphatic hydroxyl groups excluding tert-OH is 1. The van der Waals surface area contributed by atoms with Gasteiger partial charge in [-0.05, 0) is 48.6 Å². The molecule has 0 aliphatic heterocycles. The lowest BCUT2D eigenvalue weighted by molar-refractivity contribution is -0.188. The number of allylic oxidation sites excluding steroid dienone is 4. The summed E-state index contributed by atoms with van der Waals surface area (Å²) in [5.41, 5.74) is 3.80. The lowest BCUT2D eigenvalue weighted by atomic mass is 9.84. The Morgan fingerprint density at radius 3 is 2.78 bits per heavy atom. The van der Waals surface area contributed by atoms with Crippen molar-refractivity contribution in [2.45, 2.75) is 39.0 Å². The molecule has 2 atom stereocenters. The molecule has 2 unspecified atom stereocenters. The molecule has 0 spiro atoms. The Morgan fingerprint density at radius 1 is 1.25 bits per heavy atom. The highest BCUT2D eigenvalue weighted by atomic mass is 16.6. The quantitative estimate of drug-likeness (QED) is 0.505. The summed E-state index contributed by atoms with van der Waals surface area (Å²) in [4.78, 5) is 13.1. The fourth-order valence-electron chi connectivity index (χ4n) is 4.20. The van der Waals surface area contributed by atoms with Crippen LogP contribution in [0.25, 0.3) is 5.57 Å². The zero-order valence-electron chi connectivity index (χ0n) is 18.9. The molecule has 1 aromatic rings. The summed E-state index contributed by atoms with van der Waals surface area (Å²) in [5, 5.41) is 19.9. The van der Waals surface area contributed by atoms with Crippen LogP contribution in [-0.4, -0.2) is 54.3 Å². The Bertz CT molecular complexity index is 915. The normalized spacial score (nSPS) is 19.2. The molecule has 1 aromatic carbocycles. The van der Waals surface area contributed by atoms with Crippen LogP contribution in [-0.2, 0) is 20.7 Å². The molecule has 32 heavy (non-hydrogen) atoms. The van der Waals surface area contributed by atoms with Crippen LogP contribution in [0, 0.1) is 5.92 Å². The van der Waals surface area contributed by atoms with Crippen molar-refractivity contribution in [2.24, 2.45) is 5.92 Å². The maximum atomic E-state index is 11.2. The average Bonchev–Trinajstić information content (AvgIpc) is 2.81. The highest BCUT2D eigenvalue weighted by Crippen LogP contribution is 2.35. The minimum Gasteiger partial charge on any atom is -0.496 e. The van der Waals surface area contributed by atoms with Crippen molar-refractivity contribution in [1.29, 1.82) is 0 Å². The topological polar surface area (TPSA) is 79.2 Å². The molecule has 0 saturated heterocycles. The van der Waals surface area contributed by atoms with Crippen LogP contribution in [0.4, 0.5) is 0 Å². The fourth-order valence-corrected chi connectivity index (χ4v) is 4.20. The van der Waals surface area contributed by atoms with Crippen molar-refractivity contribution in [3.05, 3.63) is 77.1 Å². The van der Waals surface area contributed by atoms with Crippen molar-refractivity contribution < 1.29 is 24.5 Å². The number of aliphatic hydroxyl groups is 1. The predicted octanol–water partition coefficient (Wildman–Crippen LogP) is 4.14. The summed E-state index contributed by atoms with van der Waals surface area (Å²) in [6.07, 6.45) is 12.2. The highest BCUT2D eigenvalue weighted by molar-refractivity contribution is 5.75. The number of hydrogen-bond donors (Lipinski definition) is 2. The van der Waals surface area contributed by atoms with Crippen LogP contribution < -0.4 is 0 Å². The molecule has 0 heterocycles. The number of hydrogen-bond acceptors (Lipinski definition) is 5. The lowest BCUT2D eigenvalue weighted by Gasteiger charge is -2.33. The van der Waals surface area contributed by atoms with Gasteiger partial charge in [-0.2, -0.15) is 0 Å². The maximum absolute atomic E-state index is 11.2. The first-order chi connectivity index (χ1) is 15.5. The van der Waals surface area contributed by atoms with Crippen molar-refractivity contribution in [3.63, 3.8) is 0 Å². The first-order valence-corrected chi connectivity index (χ1v) is 11.2. The van der Waals surface area contributed by atoms with Gasteiger partial charge >= 0.3 is 5.97 Å². The summed E-state index contributed by atoms with van der Waals surface area (Å²) >= 11 is 0. The molecule has 2 aliphatic carbocycles. The Kier molecular flexibility index (Phi) is 8.85. The maximum Gasteiger partial charge on any atom is 0.307 e. The largest absolute Gasteiger partial charge is 0.496 e. The van der Waals surface area contributed by atoms with Gasteiger partial charge in [0.05, 0.1) is 20.1 Å². The zero-order chi connectivity index (χ0) is 22.9. The van der Waals surface area contributed by atoms with E-state index in [-0.39, 0.29) is 12.3 Å². The molecular formula is C26H33NO5. The van der Waals surface area contributed by atoms with Crippen LogP contribution >= 0.6 is 0 Å². The second kappa shape index (κ2) is 11.8. The van der Waals surface area contributed by atoms with E-state index < -0.39 is 12.4 Å². The third-order valence-electron chi connectivity index (χ3n) is 5.82. The molecule has 6 nitrogen and oxygen atoms in total. The van der Waals surface area contributed by atoms with Gasteiger partial charge in [0.15, 0.2) is 0 Å². The molecule has 0 amide bonds. The zero-order valence-corrected chi connectivity index (χ0v) is 18.9. The van der Waals surface area contributed by atoms with Crippen LogP contribution in [0.15, 0.2) is 66.0 Å². The molecule has 0 saturated carbocycles. The summed E-state index contributed by atoms with van der Waals surface area (Å²) in [6.45, 7) is 3.59. The molecule has 0 bridgehead atoms. The third-order valence-corrected chi connectivity index (χ3v) is 5.82. The van der Waals surface area contributed by atoms with Crippen molar-refractivity contribution in [3.8, 4) is 0 Å². The van der Waals surface area contributed by atoms with Crippen LogP contribution in [0.5, 0.6) is 0 Å². The molecule has 172 valence electrons. The number of carbonyl (C=O) groups is 1. The Hall–Kier alpha value is -2.67. The molecule has 6 heteroatoms. The molecule has 0 fully saturated rings. The second-order valence-corrected chi connectivity index (χ2v) is 8.07. The predicted molar refractivity (Wildman–Crippen MR) is 125 cm³/mol. The summed E-state index contributed by atoms with van der Waals surface area (Å²) < 4.78 is 11.4. The minimum absolute atomic E-state index is 0.0259. The third kappa shape index (κ3) is 6.42. The SMILES string of the molecule is CCN(CC1CC=CC(OC)=C1c1cccc(CC(=O)O)c1)C(O)OCC1=CCCC=C1. The fraction of sp³-hybridized carbons (Fsp3) is 0.423. The van der Waals surface area contributed by atoms with Gasteiger partial charge in [0.1, 0.15) is 5.76 Å². The van der Waals surface area contributed by atoms with Crippen LogP contribution in [0.1, 0.15) is 37.3 Å². The number of rotatable bonds is 11. The minimum atomic E-state index is -1.01. The van der Waals surface area contributed by atoms with E-state index in [2.05, 4.69) is 18.2 Å².